The van der Waals surface area contributed by atoms with Gasteiger partial charge in [-0.05, 0) is 26.8 Å². The molecule has 0 aliphatic heterocycles. The second kappa shape index (κ2) is 6.36. The Morgan fingerprint density at radius 1 is 1.35 bits per heavy atom. The molecular formula is C14H18F2N2O2. The minimum Gasteiger partial charge on any atom is -0.444 e. The average Bonchev–Trinajstić information content (AvgIpc) is 2.28. The summed E-state index contributed by atoms with van der Waals surface area (Å²) in [5.41, 5.74) is 4.78. The molecule has 1 aromatic rings. The molecule has 0 fully saturated rings. The van der Waals surface area contributed by atoms with E-state index in [0.717, 1.165) is 6.07 Å². The smallest absolute Gasteiger partial charge is 0.407 e. The first kappa shape index (κ1) is 15.9. The first-order valence-corrected chi connectivity index (χ1v) is 6.07. The van der Waals surface area contributed by atoms with Crippen molar-refractivity contribution in [2.75, 3.05) is 12.3 Å². The van der Waals surface area contributed by atoms with Gasteiger partial charge in [0.1, 0.15) is 17.2 Å². The minimum absolute atomic E-state index is 0.133. The monoisotopic (exact) mass is 284 g/mol. The van der Waals surface area contributed by atoms with Gasteiger partial charge in [0.05, 0.1) is 5.69 Å². The van der Waals surface area contributed by atoms with Crippen LogP contribution in [0.5, 0.6) is 0 Å². The van der Waals surface area contributed by atoms with Crippen molar-refractivity contribution in [3.8, 4) is 0 Å². The van der Waals surface area contributed by atoms with E-state index >= 15 is 0 Å². The summed E-state index contributed by atoms with van der Waals surface area (Å²) in [6.45, 7) is 5.41. The van der Waals surface area contributed by atoms with Crippen LogP contribution in [0.4, 0.5) is 19.3 Å². The molecule has 110 valence electrons. The maximum atomic E-state index is 13.4. The predicted molar refractivity (Wildman–Crippen MR) is 74.0 cm³/mol. The van der Waals surface area contributed by atoms with E-state index in [1.807, 2.05) is 0 Å². The number of carbonyl (C=O) groups excluding carboxylic acids is 1. The molecule has 0 aliphatic rings. The molecule has 4 nitrogen and oxygen atoms in total. The van der Waals surface area contributed by atoms with E-state index in [1.165, 1.54) is 18.2 Å². The number of nitrogens with two attached hydrogens (primary N) is 1. The van der Waals surface area contributed by atoms with Crippen LogP contribution in [0, 0.1) is 11.6 Å². The lowest BCUT2D eigenvalue weighted by Crippen LogP contribution is -2.32. The Bertz CT molecular complexity index is 523. The van der Waals surface area contributed by atoms with E-state index in [1.54, 1.807) is 20.8 Å². The van der Waals surface area contributed by atoms with Gasteiger partial charge in [-0.3, -0.25) is 0 Å². The molecule has 0 bridgehead atoms. The summed E-state index contributed by atoms with van der Waals surface area (Å²) >= 11 is 0. The molecular weight excluding hydrogens is 266 g/mol. The summed E-state index contributed by atoms with van der Waals surface area (Å²) in [6, 6.07) is 1.91. The number of hydrogen-bond acceptors (Lipinski definition) is 3. The second-order valence-corrected chi connectivity index (χ2v) is 5.18. The number of alkyl carbamates (subject to hydrolysis) is 1. The molecule has 1 amide bonds. The lowest BCUT2D eigenvalue weighted by atomic mass is 10.1. The molecule has 6 heteroatoms. The maximum Gasteiger partial charge on any atom is 0.407 e. The number of amides is 1. The van der Waals surface area contributed by atoms with Crippen LogP contribution in [0.3, 0.4) is 0 Å². The Kier molecular flexibility index (Phi) is 5.07. The van der Waals surface area contributed by atoms with Crippen LogP contribution in [0.1, 0.15) is 26.3 Å². The van der Waals surface area contributed by atoms with E-state index in [-0.39, 0.29) is 17.8 Å². The van der Waals surface area contributed by atoms with Crippen LogP contribution >= 0.6 is 0 Å². The number of carbonyl (C=O) groups is 1. The summed E-state index contributed by atoms with van der Waals surface area (Å²) in [7, 11) is 0. The van der Waals surface area contributed by atoms with Gasteiger partial charge in [0, 0.05) is 18.2 Å². The Balaban J connectivity index is 2.54. The van der Waals surface area contributed by atoms with Crippen LogP contribution in [-0.4, -0.2) is 18.2 Å². The number of hydrogen-bond donors (Lipinski definition) is 2. The first-order valence-electron chi connectivity index (χ1n) is 6.07. The van der Waals surface area contributed by atoms with E-state index in [0.29, 0.717) is 0 Å². The predicted octanol–water partition coefficient (Wildman–Crippen LogP) is 3.08. The number of halogens is 2. The van der Waals surface area contributed by atoms with E-state index in [2.05, 4.69) is 5.32 Å². The number of nitrogen functional groups attached to an aromatic ring is 1. The summed E-state index contributed by atoms with van der Waals surface area (Å²) in [6.07, 6.45) is 2.35. The molecule has 0 atom stereocenters. The Morgan fingerprint density at radius 3 is 2.60 bits per heavy atom. The summed E-state index contributed by atoms with van der Waals surface area (Å²) in [5.74, 6) is -1.52. The Morgan fingerprint density at radius 2 is 2.00 bits per heavy atom. The standard InChI is InChI=1S/C14H18F2N2O2/c1-14(2,3)20-13(19)18-6-4-5-9-7-12(17)11(16)8-10(9)15/h4-5,7-8H,6,17H2,1-3H3,(H,18,19). The molecule has 0 radical (unpaired) electrons. The van der Waals surface area contributed by atoms with Gasteiger partial charge < -0.3 is 15.8 Å². The molecule has 3 N–H and O–H groups in total. The molecule has 0 aliphatic carbocycles. The lowest BCUT2D eigenvalue weighted by Gasteiger charge is -2.19. The van der Waals surface area contributed by atoms with Gasteiger partial charge in [-0.15, -0.1) is 0 Å². The number of rotatable bonds is 3. The fourth-order valence-corrected chi connectivity index (χ4v) is 1.35. The highest BCUT2D eigenvalue weighted by Crippen LogP contribution is 2.17. The van der Waals surface area contributed by atoms with Gasteiger partial charge in [0.15, 0.2) is 0 Å². The second-order valence-electron chi connectivity index (χ2n) is 5.18. The number of anilines is 1. The molecule has 0 unspecified atom stereocenters. The van der Waals surface area contributed by atoms with Crippen molar-refractivity contribution in [2.24, 2.45) is 0 Å². The van der Waals surface area contributed by atoms with Crippen LogP contribution in [0.15, 0.2) is 18.2 Å². The highest BCUT2D eigenvalue weighted by molar-refractivity contribution is 5.68. The van der Waals surface area contributed by atoms with Gasteiger partial charge in [-0.25, -0.2) is 13.6 Å². The van der Waals surface area contributed by atoms with Gasteiger partial charge >= 0.3 is 6.09 Å². The van der Waals surface area contributed by atoms with Crippen molar-refractivity contribution in [1.82, 2.24) is 5.32 Å². The third kappa shape index (κ3) is 5.26. The van der Waals surface area contributed by atoms with Crippen molar-refractivity contribution in [3.05, 3.63) is 35.4 Å². The zero-order chi connectivity index (χ0) is 15.3. The molecule has 20 heavy (non-hydrogen) atoms. The first-order chi connectivity index (χ1) is 9.19. The fraction of sp³-hybridized carbons (Fsp3) is 0.357. The van der Waals surface area contributed by atoms with Crippen molar-refractivity contribution < 1.29 is 18.3 Å². The molecule has 1 aromatic carbocycles. The van der Waals surface area contributed by atoms with Crippen molar-refractivity contribution in [3.63, 3.8) is 0 Å². The van der Waals surface area contributed by atoms with E-state index in [9.17, 15) is 13.6 Å². The van der Waals surface area contributed by atoms with E-state index in [4.69, 9.17) is 10.5 Å². The van der Waals surface area contributed by atoms with Crippen molar-refractivity contribution in [2.45, 2.75) is 26.4 Å². The fourth-order valence-electron chi connectivity index (χ4n) is 1.35. The van der Waals surface area contributed by atoms with Crippen molar-refractivity contribution in [1.29, 1.82) is 0 Å². The average molecular weight is 284 g/mol. The van der Waals surface area contributed by atoms with E-state index < -0.39 is 23.3 Å². The molecule has 0 saturated heterocycles. The topological polar surface area (TPSA) is 64.3 Å². The molecule has 0 saturated carbocycles. The Hall–Kier alpha value is -2.11. The van der Waals surface area contributed by atoms with Gasteiger partial charge in [-0.1, -0.05) is 12.2 Å². The lowest BCUT2D eigenvalue weighted by molar-refractivity contribution is 0.0534. The SMILES string of the molecule is CC(C)(C)OC(=O)NCC=Cc1cc(N)c(F)cc1F. The highest BCUT2D eigenvalue weighted by Gasteiger charge is 2.15. The maximum absolute atomic E-state index is 13.4. The molecule has 0 spiro atoms. The number of nitrogens with one attached hydrogen (secondary N) is 1. The summed E-state index contributed by atoms with van der Waals surface area (Å²) in [4.78, 5) is 11.3. The van der Waals surface area contributed by atoms with Crippen LogP contribution < -0.4 is 11.1 Å². The molecule has 0 aromatic heterocycles. The highest BCUT2D eigenvalue weighted by atomic mass is 19.1. The normalized spacial score (nSPS) is 11.7. The third-order valence-corrected chi connectivity index (χ3v) is 2.18. The Labute approximate surface area is 116 Å². The number of benzene rings is 1. The minimum atomic E-state index is -0.800. The van der Waals surface area contributed by atoms with Crippen LogP contribution in [-0.2, 0) is 4.74 Å². The van der Waals surface area contributed by atoms with Gasteiger partial charge in [-0.2, -0.15) is 0 Å². The zero-order valence-corrected chi connectivity index (χ0v) is 11.7. The molecule has 0 heterocycles. The summed E-state index contributed by atoms with van der Waals surface area (Å²) < 4.78 is 31.3. The van der Waals surface area contributed by atoms with Crippen molar-refractivity contribution >= 4 is 17.9 Å². The number of ether oxygens (including phenoxy) is 1. The quantitative estimate of drug-likeness (QED) is 0.838. The van der Waals surface area contributed by atoms with Crippen LogP contribution in [0.2, 0.25) is 0 Å². The largest absolute Gasteiger partial charge is 0.444 e. The molecule has 1 rings (SSSR count). The summed E-state index contributed by atoms with van der Waals surface area (Å²) in [5, 5.41) is 2.48. The zero-order valence-electron chi connectivity index (χ0n) is 11.7. The van der Waals surface area contributed by atoms with Gasteiger partial charge in [0.25, 0.3) is 0 Å². The van der Waals surface area contributed by atoms with Crippen LogP contribution in [0.25, 0.3) is 6.08 Å². The van der Waals surface area contributed by atoms with Gasteiger partial charge in [0.2, 0.25) is 0 Å². The third-order valence-electron chi connectivity index (χ3n) is 2.18.